The van der Waals surface area contributed by atoms with Crippen molar-refractivity contribution in [3.05, 3.63) is 52.3 Å². The van der Waals surface area contributed by atoms with Crippen LogP contribution in [0, 0.1) is 0 Å². The number of H-pyrrole nitrogens is 1. The van der Waals surface area contributed by atoms with E-state index in [2.05, 4.69) is 4.98 Å². The number of carboxylic acids is 1. The maximum atomic E-state index is 12.0. The molecule has 0 aliphatic carbocycles. The molecule has 0 bridgehead atoms. The van der Waals surface area contributed by atoms with Crippen LogP contribution in [0.4, 0.5) is 0 Å². The Kier molecular flexibility index (Phi) is 4.63. The molecule has 0 atom stereocenters. The Morgan fingerprint density at radius 2 is 1.95 bits per heavy atom. The van der Waals surface area contributed by atoms with E-state index in [0.717, 1.165) is 6.08 Å². The van der Waals surface area contributed by atoms with Crippen LogP contribution in [-0.2, 0) is 4.79 Å². The molecule has 0 spiro atoms. The number of methoxy groups -OCH3 is 2. The van der Waals surface area contributed by atoms with Gasteiger partial charge in [-0.3, -0.25) is 4.79 Å². The van der Waals surface area contributed by atoms with Crippen LogP contribution in [0.5, 0.6) is 11.5 Å². The van der Waals surface area contributed by atoms with Gasteiger partial charge in [0.2, 0.25) is 0 Å². The van der Waals surface area contributed by atoms with Gasteiger partial charge in [-0.2, -0.15) is 0 Å². The van der Waals surface area contributed by atoms with E-state index < -0.39 is 5.97 Å². The molecule has 0 aliphatic heterocycles. The van der Waals surface area contributed by atoms with Gasteiger partial charge in [0, 0.05) is 23.3 Å². The predicted molar refractivity (Wildman–Crippen MR) is 82.3 cm³/mol. The van der Waals surface area contributed by atoms with Gasteiger partial charge in [0.25, 0.3) is 5.56 Å². The summed E-state index contributed by atoms with van der Waals surface area (Å²) in [6.07, 6.45) is 2.16. The van der Waals surface area contributed by atoms with Gasteiger partial charge in [-0.1, -0.05) is 0 Å². The van der Waals surface area contributed by atoms with Crippen molar-refractivity contribution in [1.82, 2.24) is 4.98 Å². The molecule has 2 aromatic rings. The fourth-order valence-electron chi connectivity index (χ4n) is 1.96. The summed E-state index contributed by atoms with van der Waals surface area (Å²) in [6.45, 7) is 0. The van der Waals surface area contributed by atoms with E-state index >= 15 is 0 Å². The Morgan fingerprint density at radius 1 is 1.18 bits per heavy atom. The highest BCUT2D eigenvalue weighted by molar-refractivity contribution is 5.85. The zero-order chi connectivity index (χ0) is 16.1. The van der Waals surface area contributed by atoms with Gasteiger partial charge in [-0.05, 0) is 30.3 Å². The van der Waals surface area contributed by atoms with Crippen LogP contribution >= 0.6 is 0 Å². The molecule has 0 radical (unpaired) electrons. The van der Waals surface area contributed by atoms with E-state index in [1.54, 1.807) is 37.4 Å². The lowest BCUT2D eigenvalue weighted by atomic mass is 10.1. The SMILES string of the molecule is COc1ccc(-c2ccc(/C=C/C(=O)O)c(=O)[nH]2)c(OC)c1. The molecule has 22 heavy (non-hydrogen) atoms. The third-order valence-corrected chi connectivity index (χ3v) is 3.04. The topological polar surface area (TPSA) is 88.6 Å². The molecule has 114 valence electrons. The van der Waals surface area contributed by atoms with E-state index in [1.807, 2.05) is 0 Å². The Labute approximate surface area is 126 Å². The summed E-state index contributed by atoms with van der Waals surface area (Å²) >= 11 is 0. The largest absolute Gasteiger partial charge is 0.497 e. The van der Waals surface area contributed by atoms with E-state index in [4.69, 9.17) is 14.6 Å². The molecule has 0 saturated carbocycles. The number of aliphatic carboxylic acids is 1. The van der Waals surface area contributed by atoms with E-state index in [9.17, 15) is 9.59 Å². The van der Waals surface area contributed by atoms with Gasteiger partial charge in [0.05, 0.1) is 19.9 Å². The molecule has 2 N–H and O–H groups in total. The first-order chi connectivity index (χ1) is 10.5. The maximum absolute atomic E-state index is 12.0. The minimum atomic E-state index is -1.11. The number of rotatable bonds is 5. The third kappa shape index (κ3) is 3.35. The summed E-state index contributed by atoms with van der Waals surface area (Å²) in [5.41, 5.74) is 1.15. The number of benzene rings is 1. The summed E-state index contributed by atoms with van der Waals surface area (Å²) in [5, 5.41) is 8.59. The van der Waals surface area contributed by atoms with Gasteiger partial charge in [-0.25, -0.2) is 4.79 Å². The van der Waals surface area contributed by atoms with Crippen LogP contribution in [0.1, 0.15) is 5.56 Å². The predicted octanol–water partition coefficient (Wildman–Crippen LogP) is 2.16. The summed E-state index contributed by atoms with van der Waals surface area (Å²) in [6, 6.07) is 8.49. The van der Waals surface area contributed by atoms with Crippen LogP contribution in [-0.4, -0.2) is 30.3 Å². The number of nitrogens with one attached hydrogen (secondary N) is 1. The summed E-state index contributed by atoms with van der Waals surface area (Å²) in [4.78, 5) is 25.2. The monoisotopic (exact) mass is 301 g/mol. The first kappa shape index (κ1) is 15.4. The molecule has 0 saturated heterocycles. The molecule has 0 aliphatic rings. The van der Waals surface area contributed by atoms with E-state index in [-0.39, 0.29) is 11.1 Å². The minimum absolute atomic E-state index is 0.263. The van der Waals surface area contributed by atoms with Crippen molar-refractivity contribution >= 4 is 12.0 Å². The Balaban J connectivity index is 2.44. The highest BCUT2D eigenvalue weighted by atomic mass is 16.5. The Morgan fingerprint density at radius 3 is 2.55 bits per heavy atom. The highest BCUT2D eigenvalue weighted by Crippen LogP contribution is 2.31. The van der Waals surface area contributed by atoms with Crippen LogP contribution in [0.3, 0.4) is 0 Å². The first-order valence-corrected chi connectivity index (χ1v) is 6.42. The molecule has 0 unspecified atom stereocenters. The lowest BCUT2D eigenvalue weighted by Gasteiger charge is -2.10. The molecule has 1 aromatic carbocycles. The average molecular weight is 301 g/mol. The Bertz CT molecular complexity index is 776. The van der Waals surface area contributed by atoms with Crippen LogP contribution < -0.4 is 15.0 Å². The zero-order valence-corrected chi connectivity index (χ0v) is 12.1. The van der Waals surface area contributed by atoms with Crippen molar-refractivity contribution in [3.63, 3.8) is 0 Å². The van der Waals surface area contributed by atoms with Crippen molar-refractivity contribution in [2.45, 2.75) is 0 Å². The Hall–Kier alpha value is -3.02. The fourth-order valence-corrected chi connectivity index (χ4v) is 1.96. The van der Waals surface area contributed by atoms with Crippen LogP contribution in [0.15, 0.2) is 41.2 Å². The minimum Gasteiger partial charge on any atom is -0.497 e. The highest BCUT2D eigenvalue weighted by Gasteiger charge is 2.09. The second-order valence-corrected chi connectivity index (χ2v) is 4.39. The molecule has 1 heterocycles. The summed E-state index contributed by atoms with van der Waals surface area (Å²) in [5.74, 6) is 0.0908. The molecule has 6 nitrogen and oxygen atoms in total. The molecular formula is C16H15NO5. The second kappa shape index (κ2) is 6.62. The molecule has 2 rings (SSSR count). The molecule has 0 amide bonds. The van der Waals surface area contributed by atoms with E-state index in [0.29, 0.717) is 22.8 Å². The van der Waals surface area contributed by atoms with Crippen LogP contribution in [0.2, 0.25) is 0 Å². The van der Waals surface area contributed by atoms with Gasteiger partial charge >= 0.3 is 5.97 Å². The van der Waals surface area contributed by atoms with Gasteiger partial charge in [-0.15, -0.1) is 0 Å². The number of pyridine rings is 1. The maximum Gasteiger partial charge on any atom is 0.328 e. The number of aromatic nitrogens is 1. The average Bonchev–Trinajstić information content (AvgIpc) is 2.52. The van der Waals surface area contributed by atoms with Crippen molar-refractivity contribution in [1.29, 1.82) is 0 Å². The van der Waals surface area contributed by atoms with Gasteiger partial charge in [0.1, 0.15) is 11.5 Å². The summed E-state index contributed by atoms with van der Waals surface area (Å²) < 4.78 is 10.4. The van der Waals surface area contributed by atoms with Crippen molar-refractivity contribution in [3.8, 4) is 22.8 Å². The number of hydrogen-bond acceptors (Lipinski definition) is 4. The second-order valence-electron chi connectivity index (χ2n) is 4.39. The number of hydrogen-bond donors (Lipinski definition) is 2. The first-order valence-electron chi connectivity index (χ1n) is 6.42. The summed E-state index contributed by atoms with van der Waals surface area (Å²) in [7, 11) is 3.08. The smallest absolute Gasteiger partial charge is 0.328 e. The number of ether oxygens (including phenoxy) is 2. The number of carbonyl (C=O) groups is 1. The lowest BCUT2D eigenvalue weighted by Crippen LogP contribution is -2.10. The van der Waals surface area contributed by atoms with Gasteiger partial charge in [0.15, 0.2) is 0 Å². The molecular weight excluding hydrogens is 286 g/mol. The van der Waals surface area contributed by atoms with Gasteiger partial charge < -0.3 is 19.6 Å². The quantitative estimate of drug-likeness (QED) is 0.826. The van der Waals surface area contributed by atoms with Crippen molar-refractivity contribution in [2.75, 3.05) is 14.2 Å². The normalized spacial score (nSPS) is 10.6. The molecule has 6 heteroatoms. The van der Waals surface area contributed by atoms with Crippen LogP contribution in [0.25, 0.3) is 17.3 Å². The number of carboxylic acid groups (broad SMARTS) is 1. The third-order valence-electron chi connectivity index (χ3n) is 3.04. The molecule has 1 aromatic heterocycles. The number of aromatic amines is 1. The zero-order valence-electron chi connectivity index (χ0n) is 12.1. The van der Waals surface area contributed by atoms with Crippen molar-refractivity contribution < 1.29 is 19.4 Å². The van der Waals surface area contributed by atoms with E-state index in [1.165, 1.54) is 13.2 Å². The lowest BCUT2D eigenvalue weighted by molar-refractivity contribution is -0.131. The fraction of sp³-hybridized carbons (Fsp3) is 0.125. The standard InChI is InChI=1S/C16H15NO5/c1-21-11-5-6-12(14(9-11)22-2)13-7-3-10(16(20)17-13)4-8-15(18)19/h3-9H,1-2H3,(H,17,20)(H,18,19)/b8-4+. The van der Waals surface area contributed by atoms with Crippen molar-refractivity contribution in [2.24, 2.45) is 0 Å². The molecule has 0 fully saturated rings.